The van der Waals surface area contributed by atoms with Gasteiger partial charge in [0.2, 0.25) is 0 Å². The third-order valence-electron chi connectivity index (χ3n) is 5.39. The summed E-state index contributed by atoms with van der Waals surface area (Å²) in [5.74, 6) is -0.389. The number of aryl methyl sites for hydroxylation is 2. The number of fused-ring (bicyclic) bond motifs is 1. The van der Waals surface area contributed by atoms with Gasteiger partial charge in [-0.2, -0.15) is 5.10 Å². The van der Waals surface area contributed by atoms with Crippen LogP contribution in [0.5, 0.6) is 0 Å². The maximum atomic E-state index is 13.2. The summed E-state index contributed by atoms with van der Waals surface area (Å²) in [5, 5.41) is 8.48. The largest absolute Gasteiger partial charge is 0.346 e. The number of benzene rings is 3. The lowest BCUT2D eigenvalue weighted by atomic mass is 10.00. The first-order valence-corrected chi connectivity index (χ1v) is 9.99. The molecule has 5 heteroatoms. The molecule has 1 aromatic heterocycles. The molecule has 1 heterocycles. The van der Waals surface area contributed by atoms with Crippen molar-refractivity contribution < 1.29 is 9.18 Å². The third kappa shape index (κ3) is 4.10. The van der Waals surface area contributed by atoms with Crippen molar-refractivity contribution in [2.75, 3.05) is 0 Å². The second-order valence-corrected chi connectivity index (χ2v) is 7.76. The van der Waals surface area contributed by atoms with Crippen LogP contribution < -0.4 is 5.32 Å². The zero-order chi connectivity index (χ0) is 21.3. The predicted molar refractivity (Wildman–Crippen MR) is 117 cm³/mol. The van der Waals surface area contributed by atoms with Crippen molar-refractivity contribution in [1.82, 2.24) is 15.1 Å². The van der Waals surface area contributed by atoms with Crippen molar-refractivity contribution in [3.05, 3.63) is 100 Å². The Bertz CT molecular complexity index is 1210. The topological polar surface area (TPSA) is 46.9 Å². The summed E-state index contributed by atoms with van der Waals surface area (Å²) in [4.78, 5) is 12.9. The molecule has 4 aromatic rings. The number of carbonyl (C=O) groups excluding carboxylic acids is 1. The molecule has 1 N–H and O–H groups in total. The van der Waals surface area contributed by atoms with Crippen molar-refractivity contribution in [1.29, 1.82) is 0 Å². The maximum Gasteiger partial charge on any atom is 0.251 e. The molecule has 0 saturated heterocycles. The SMILES string of the molecule is Cc1ccc([C@@H](C)NC(=O)c2ccc3cnn(Cc4ccc(F)cc4)c3c2)c(C)c1. The van der Waals surface area contributed by atoms with Crippen molar-refractivity contribution in [2.24, 2.45) is 0 Å². The van der Waals surface area contributed by atoms with Crippen LogP contribution in [0.15, 0.2) is 66.9 Å². The number of hydrogen-bond donors (Lipinski definition) is 1. The molecule has 152 valence electrons. The molecule has 4 nitrogen and oxygen atoms in total. The van der Waals surface area contributed by atoms with Crippen LogP contribution in [0, 0.1) is 19.7 Å². The number of hydrogen-bond acceptors (Lipinski definition) is 2. The van der Waals surface area contributed by atoms with Crippen LogP contribution in [-0.4, -0.2) is 15.7 Å². The van der Waals surface area contributed by atoms with E-state index in [0.717, 1.165) is 27.6 Å². The zero-order valence-electron chi connectivity index (χ0n) is 17.3. The summed E-state index contributed by atoms with van der Waals surface area (Å²) in [5.41, 5.74) is 5.87. The van der Waals surface area contributed by atoms with Gasteiger partial charge in [-0.25, -0.2) is 4.39 Å². The van der Waals surface area contributed by atoms with Gasteiger partial charge in [0.1, 0.15) is 5.82 Å². The van der Waals surface area contributed by atoms with E-state index in [-0.39, 0.29) is 17.8 Å². The quantitative estimate of drug-likeness (QED) is 0.491. The van der Waals surface area contributed by atoms with Gasteiger partial charge in [0.25, 0.3) is 5.91 Å². The maximum absolute atomic E-state index is 13.2. The molecule has 0 radical (unpaired) electrons. The Labute approximate surface area is 175 Å². The average Bonchev–Trinajstić information content (AvgIpc) is 3.11. The molecular weight excluding hydrogens is 377 g/mol. The van der Waals surface area contributed by atoms with Gasteiger partial charge in [0.05, 0.1) is 24.3 Å². The van der Waals surface area contributed by atoms with Gasteiger partial charge in [-0.15, -0.1) is 0 Å². The number of carbonyl (C=O) groups is 1. The molecule has 0 fully saturated rings. The molecule has 0 aliphatic carbocycles. The molecule has 4 rings (SSSR count). The molecular formula is C25H24FN3O. The minimum Gasteiger partial charge on any atom is -0.346 e. The molecule has 0 aliphatic heterocycles. The lowest BCUT2D eigenvalue weighted by molar-refractivity contribution is 0.0940. The molecule has 30 heavy (non-hydrogen) atoms. The summed E-state index contributed by atoms with van der Waals surface area (Å²) >= 11 is 0. The van der Waals surface area contributed by atoms with E-state index in [1.165, 1.54) is 17.7 Å². The van der Waals surface area contributed by atoms with Gasteiger partial charge < -0.3 is 5.32 Å². The number of rotatable bonds is 5. The van der Waals surface area contributed by atoms with E-state index in [4.69, 9.17) is 0 Å². The van der Waals surface area contributed by atoms with Gasteiger partial charge >= 0.3 is 0 Å². The first kappa shape index (κ1) is 19.8. The molecule has 3 aromatic carbocycles. The third-order valence-corrected chi connectivity index (χ3v) is 5.39. The fourth-order valence-electron chi connectivity index (χ4n) is 3.77. The highest BCUT2D eigenvalue weighted by atomic mass is 19.1. The summed E-state index contributed by atoms with van der Waals surface area (Å²) in [6, 6.07) is 18.1. The van der Waals surface area contributed by atoms with E-state index in [2.05, 4.69) is 42.5 Å². The highest BCUT2D eigenvalue weighted by Gasteiger charge is 2.15. The Kier molecular flexibility index (Phi) is 5.36. The first-order chi connectivity index (χ1) is 14.4. The van der Waals surface area contributed by atoms with E-state index < -0.39 is 0 Å². The van der Waals surface area contributed by atoms with E-state index >= 15 is 0 Å². The summed E-state index contributed by atoms with van der Waals surface area (Å²) in [6.07, 6.45) is 1.78. The number of halogens is 1. The lowest BCUT2D eigenvalue weighted by Crippen LogP contribution is -2.27. The van der Waals surface area contributed by atoms with Crippen LogP contribution in [0.25, 0.3) is 10.9 Å². The summed E-state index contributed by atoms with van der Waals surface area (Å²) in [7, 11) is 0. The van der Waals surface area contributed by atoms with Gasteiger partial charge in [0.15, 0.2) is 0 Å². The minimum atomic E-state index is -0.263. The Morgan fingerprint density at radius 3 is 2.57 bits per heavy atom. The Hall–Kier alpha value is -3.47. The van der Waals surface area contributed by atoms with Crippen molar-refractivity contribution in [3.63, 3.8) is 0 Å². The van der Waals surface area contributed by atoms with E-state index in [1.54, 1.807) is 18.3 Å². The Morgan fingerprint density at radius 2 is 1.83 bits per heavy atom. The predicted octanol–water partition coefficient (Wildman–Crippen LogP) is 5.33. The molecule has 1 amide bonds. The molecule has 0 aliphatic rings. The van der Waals surface area contributed by atoms with E-state index in [9.17, 15) is 9.18 Å². The normalized spacial score (nSPS) is 12.1. The number of aromatic nitrogens is 2. The van der Waals surface area contributed by atoms with Crippen LogP contribution >= 0.6 is 0 Å². The second-order valence-electron chi connectivity index (χ2n) is 7.76. The summed E-state index contributed by atoms with van der Waals surface area (Å²) in [6.45, 7) is 6.62. The van der Waals surface area contributed by atoms with Gasteiger partial charge in [-0.1, -0.05) is 42.0 Å². The number of amides is 1. The standard InChI is InChI=1S/C25H24FN3O/c1-16-4-11-23(17(2)12-16)18(3)28-25(30)20-7-8-21-14-27-29(24(21)13-20)15-19-5-9-22(26)10-6-19/h4-14,18H,15H2,1-3H3,(H,28,30)/t18-/m1/s1. The van der Waals surface area contributed by atoms with Crippen molar-refractivity contribution >= 4 is 16.8 Å². The van der Waals surface area contributed by atoms with Crippen LogP contribution in [0.2, 0.25) is 0 Å². The minimum absolute atomic E-state index is 0.0991. The lowest BCUT2D eigenvalue weighted by Gasteiger charge is -2.17. The number of nitrogens with zero attached hydrogens (tertiary/aromatic N) is 2. The van der Waals surface area contributed by atoms with Crippen molar-refractivity contribution in [3.8, 4) is 0 Å². The second kappa shape index (κ2) is 8.11. The van der Waals surface area contributed by atoms with Gasteiger partial charge in [0, 0.05) is 10.9 Å². The fraction of sp³-hybridized carbons (Fsp3) is 0.200. The average molecular weight is 401 g/mol. The smallest absolute Gasteiger partial charge is 0.251 e. The van der Waals surface area contributed by atoms with Gasteiger partial charge in [-0.3, -0.25) is 9.48 Å². The van der Waals surface area contributed by atoms with Crippen molar-refractivity contribution in [2.45, 2.75) is 33.4 Å². The van der Waals surface area contributed by atoms with Crippen LogP contribution in [0.3, 0.4) is 0 Å². The van der Waals surface area contributed by atoms with Gasteiger partial charge in [-0.05, 0) is 61.7 Å². The van der Waals surface area contributed by atoms with Crippen LogP contribution in [-0.2, 0) is 6.54 Å². The monoisotopic (exact) mass is 401 g/mol. The highest BCUT2D eigenvalue weighted by molar-refractivity contribution is 5.98. The fourth-order valence-corrected chi connectivity index (χ4v) is 3.77. The molecule has 0 unspecified atom stereocenters. The zero-order valence-corrected chi connectivity index (χ0v) is 17.3. The van der Waals surface area contributed by atoms with E-state index in [0.29, 0.717) is 12.1 Å². The first-order valence-electron chi connectivity index (χ1n) is 9.99. The summed E-state index contributed by atoms with van der Waals surface area (Å²) < 4.78 is 15.0. The highest BCUT2D eigenvalue weighted by Crippen LogP contribution is 2.21. The Morgan fingerprint density at radius 1 is 1.07 bits per heavy atom. The van der Waals surface area contributed by atoms with Crippen LogP contribution in [0.4, 0.5) is 4.39 Å². The molecule has 0 saturated carbocycles. The molecule has 0 bridgehead atoms. The number of nitrogens with one attached hydrogen (secondary N) is 1. The Balaban J connectivity index is 1.56. The molecule has 1 atom stereocenters. The van der Waals surface area contributed by atoms with Crippen LogP contribution in [0.1, 0.15) is 45.6 Å². The molecule has 0 spiro atoms. The van der Waals surface area contributed by atoms with E-state index in [1.807, 2.05) is 29.8 Å².